The molecule has 0 saturated heterocycles. The van der Waals surface area contributed by atoms with Gasteiger partial charge in [0, 0.05) is 12.0 Å². The lowest BCUT2D eigenvalue weighted by Crippen LogP contribution is -2.33. The van der Waals surface area contributed by atoms with Gasteiger partial charge in [-0.2, -0.15) is 0 Å². The highest BCUT2D eigenvalue weighted by Gasteiger charge is 2.21. The molecule has 108 valence electrons. The first-order chi connectivity index (χ1) is 9.01. The van der Waals surface area contributed by atoms with Crippen LogP contribution in [0, 0.1) is 5.82 Å². The highest BCUT2D eigenvalue weighted by Crippen LogP contribution is 2.27. The number of benzene rings is 1. The Hall–Kier alpha value is -1.13. The van der Waals surface area contributed by atoms with E-state index in [1.54, 1.807) is 12.1 Å². The van der Waals surface area contributed by atoms with Gasteiger partial charge in [-0.1, -0.05) is 19.9 Å². The molecule has 0 radical (unpaired) electrons. The quantitative estimate of drug-likeness (QED) is 0.712. The lowest BCUT2D eigenvalue weighted by Gasteiger charge is -2.26. The van der Waals surface area contributed by atoms with Crippen molar-refractivity contribution in [1.82, 2.24) is 5.32 Å². The summed E-state index contributed by atoms with van der Waals surface area (Å²) in [5, 5.41) is 3.40. The second-order valence-corrected chi connectivity index (χ2v) is 5.41. The van der Waals surface area contributed by atoms with Crippen molar-refractivity contribution in [2.45, 2.75) is 32.1 Å². The van der Waals surface area contributed by atoms with Crippen LogP contribution in [0.1, 0.15) is 32.3 Å². The van der Waals surface area contributed by atoms with Crippen LogP contribution in [-0.4, -0.2) is 26.7 Å². The van der Waals surface area contributed by atoms with Crippen molar-refractivity contribution in [3.05, 3.63) is 29.6 Å². The van der Waals surface area contributed by atoms with Gasteiger partial charge in [0.05, 0.1) is 7.11 Å². The Morgan fingerprint density at radius 3 is 2.63 bits per heavy atom. The van der Waals surface area contributed by atoms with E-state index in [1.807, 2.05) is 6.07 Å². The Bertz CT molecular complexity index is 394. The van der Waals surface area contributed by atoms with Gasteiger partial charge in [-0.15, -0.1) is 0 Å². The van der Waals surface area contributed by atoms with Crippen molar-refractivity contribution in [2.75, 3.05) is 26.7 Å². The molecule has 3 N–H and O–H groups in total. The van der Waals surface area contributed by atoms with E-state index in [9.17, 15) is 4.39 Å². The summed E-state index contributed by atoms with van der Waals surface area (Å²) in [6.07, 6.45) is 2.11. The van der Waals surface area contributed by atoms with Crippen LogP contribution in [0.2, 0.25) is 0 Å². The molecule has 0 aliphatic carbocycles. The molecule has 19 heavy (non-hydrogen) atoms. The monoisotopic (exact) mass is 268 g/mol. The molecule has 1 aromatic rings. The predicted octanol–water partition coefficient (Wildman–Crippen LogP) is 2.44. The molecular formula is C15H25FN2O. The SMILES string of the molecule is COc1ccc(C(C)(C)CNCCCCN)cc1F. The fourth-order valence-electron chi connectivity index (χ4n) is 1.98. The smallest absolute Gasteiger partial charge is 0.165 e. The zero-order valence-electron chi connectivity index (χ0n) is 12.1. The molecule has 4 heteroatoms. The van der Waals surface area contributed by atoms with E-state index in [2.05, 4.69) is 19.2 Å². The van der Waals surface area contributed by atoms with Gasteiger partial charge in [-0.25, -0.2) is 4.39 Å². The molecule has 3 nitrogen and oxygen atoms in total. The Labute approximate surface area is 115 Å². The van der Waals surface area contributed by atoms with Crippen LogP contribution in [0.3, 0.4) is 0 Å². The molecule has 0 aliphatic rings. The molecule has 0 spiro atoms. The first-order valence-corrected chi connectivity index (χ1v) is 6.76. The van der Waals surface area contributed by atoms with Gasteiger partial charge in [-0.3, -0.25) is 0 Å². The summed E-state index contributed by atoms with van der Waals surface area (Å²) in [6.45, 7) is 6.69. The van der Waals surface area contributed by atoms with Gasteiger partial charge < -0.3 is 15.8 Å². The Morgan fingerprint density at radius 2 is 2.05 bits per heavy atom. The van der Waals surface area contributed by atoms with E-state index in [4.69, 9.17) is 10.5 Å². The fourth-order valence-corrected chi connectivity index (χ4v) is 1.98. The third-order valence-electron chi connectivity index (χ3n) is 3.31. The Balaban J connectivity index is 2.58. The summed E-state index contributed by atoms with van der Waals surface area (Å²) >= 11 is 0. The van der Waals surface area contributed by atoms with Crippen molar-refractivity contribution < 1.29 is 9.13 Å². The molecule has 0 amide bonds. The van der Waals surface area contributed by atoms with E-state index < -0.39 is 0 Å². The average Bonchev–Trinajstić information content (AvgIpc) is 2.38. The highest BCUT2D eigenvalue weighted by atomic mass is 19.1. The van der Waals surface area contributed by atoms with E-state index in [-0.39, 0.29) is 17.0 Å². The van der Waals surface area contributed by atoms with Crippen LogP contribution in [0.4, 0.5) is 4.39 Å². The maximum absolute atomic E-state index is 13.7. The molecular weight excluding hydrogens is 243 g/mol. The zero-order valence-corrected chi connectivity index (χ0v) is 12.1. The molecule has 0 fully saturated rings. The molecule has 0 saturated carbocycles. The van der Waals surface area contributed by atoms with E-state index >= 15 is 0 Å². The number of nitrogens with one attached hydrogen (secondary N) is 1. The summed E-state index contributed by atoms with van der Waals surface area (Å²) < 4.78 is 18.6. The van der Waals surface area contributed by atoms with Gasteiger partial charge in [0.1, 0.15) is 0 Å². The minimum atomic E-state index is -0.309. The first-order valence-electron chi connectivity index (χ1n) is 6.76. The third-order valence-corrected chi connectivity index (χ3v) is 3.31. The normalized spacial score (nSPS) is 11.6. The number of nitrogens with two attached hydrogens (primary N) is 1. The number of rotatable bonds is 8. The standard InChI is InChI=1S/C15H25FN2O/c1-15(2,11-18-9-5-4-8-17)12-6-7-14(19-3)13(16)10-12/h6-7,10,18H,4-5,8-9,11,17H2,1-3H3. The topological polar surface area (TPSA) is 47.3 Å². The first kappa shape index (κ1) is 15.9. The van der Waals surface area contributed by atoms with E-state index in [1.165, 1.54) is 7.11 Å². The number of unbranched alkanes of at least 4 members (excludes halogenated alkanes) is 1. The Kier molecular flexibility index (Phi) is 6.25. The molecule has 0 heterocycles. The van der Waals surface area contributed by atoms with Crippen molar-refractivity contribution in [3.8, 4) is 5.75 Å². The molecule has 1 aromatic carbocycles. The van der Waals surface area contributed by atoms with Gasteiger partial charge in [0.25, 0.3) is 0 Å². The van der Waals surface area contributed by atoms with Crippen molar-refractivity contribution >= 4 is 0 Å². The number of hydrogen-bond donors (Lipinski definition) is 2. The van der Waals surface area contributed by atoms with Crippen LogP contribution in [-0.2, 0) is 5.41 Å². The zero-order chi connectivity index (χ0) is 14.3. The van der Waals surface area contributed by atoms with Crippen molar-refractivity contribution in [2.24, 2.45) is 5.73 Å². The molecule has 0 aromatic heterocycles. The summed E-state index contributed by atoms with van der Waals surface area (Å²) in [6, 6.07) is 5.16. The van der Waals surface area contributed by atoms with Crippen molar-refractivity contribution in [3.63, 3.8) is 0 Å². The van der Waals surface area contributed by atoms with Crippen molar-refractivity contribution in [1.29, 1.82) is 0 Å². The lowest BCUT2D eigenvalue weighted by molar-refractivity contribution is 0.384. The number of methoxy groups -OCH3 is 1. The van der Waals surface area contributed by atoms with Gasteiger partial charge in [-0.05, 0) is 43.6 Å². The second kappa shape index (κ2) is 7.46. The van der Waals surface area contributed by atoms with Gasteiger partial charge in [0.2, 0.25) is 0 Å². The van der Waals surface area contributed by atoms with E-state index in [0.29, 0.717) is 0 Å². The summed E-state index contributed by atoms with van der Waals surface area (Å²) in [7, 11) is 1.47. The number of halogens is 1. The van der Waals surface area contributed by atoms with Crippen LogP contribution in [0.5, 0.6) is 5.75 Å². The molecule has 0 unspecified atom stereocenters. The van der Waals surface area contributed by atoms with Gasteiger partial charge >= 0.3 is 0 Å². The molecule has 0 bridgehead atoms. The van der Waals surface area contributed by atoms with Crippen LogP contribution in [0.25, 0.3) is 0 Å². The highest BCUT2D eigenvalue weighted by molar-refractivity contribution is 5.33. The Morgan fingerprint density at radius 1 is 1.32 bits per heavy atom. The maximum atomic E-state index is 13.7. The summed E-state index contributed by atoms with van der Waals surface area (Å²) in [4.78, 5) is 0. The number of ether oxygens (including phenoxy) is 1. The minimum absolute atomic E-state index is 0.115. The van der Waals surface area contributed by atoms with Gasteiger partial charge in [0.15, 0.2) is 11.6 Å². The molecule has 1 rings (SSSR count). The average molecular weight is 268 g/mol. The number of hydrogen-bond acceptors (Lipinski definition) is 3. The minimum Gasteiger partial charge on any atom is -0.494 e. The summed E-state index contributed by atoms with van der Waals surface area (Å²) in [5.41, 5.74) is 6.30. The summed E-state index contributed by atoms with van der Waals surface area (Å²) in [5.74, 6) is -0.0216. The van der Waals surface area contributed by atoms with E-state index in [0.717, 1.165) is 38.0 Å². The van der Waals surface area contributed by atoms with Crippen LogP contribution in [0.15, 0.2) is 18.2 Å². The fraction of sp³-hybridized carbons (Fsp3) is 0.600. The molecule has 0 atom stereocenters. The predicted molar refractivity (Wildman–Crippen MR) is 77.1 cm³/mol. The largest absolute Gasteiger partial charge is 0.494 e. The third kappa shape index (κ3) is 4.80. The molecule has 0 aliphatic heterocycles. The van der Waals surface area contributed by atoms with Crippen LogP contribution >= 0.6 is 0 Å². The van der Waals surface area contributed by atoms with Crippen LogP contribution < -0.4 is 15.8 Å². The second-order valence-electron chi connectivity index (χ2n) is 5.41. The maximum Gasteiger partial charge on any atom is 0.165 e. The lowest BCUT2D eigenvalue weighted by atomic mass is 9.84.